The van der Waals surface area contributed by atoms with Crippen LogP contribution in [0.15, 0.2) is 11.3 Å². The third-order valence-electron chi connectivity index (χ3n) is 5.26. The van der Waals surface area contributed by atoms with Gasteiger partial charge in [0, 0.05) is 12.1 Å². The van der Waals surface area contributed by atoms with Crippen LogP contribution in [0.2, 0.25) is 0 Å². The molecule has 0 aromatic rings. The van der Waals surface area contributed by atoms with E-state index in [-0.39, 0.29) is 24.5 Å². The zero-order chi connectivity index (χ0) is 17.5. The minimum absolute atomic E-state index is 0.108. The number of carboxylic acids is 1. The summed E-state index contributed by atoms with van der Waals surface area (Å²) in [5.41, 5.74) is 5.21. The Balaban J connectivity index is 1.70. The topological polar surface area (TPSA) is 99.0 Å². The maximum absolute atomic E-state index is 10.4. The maximum atomic E-state index is 10.4. The van der Waals surface area contributed by atoms with Crippen molar-refractivity contribution in [1.82, 2.24) is 5.48 Å². The summed E-state index contributed by atoms with van der Waals surface area (Å²) in [6.07, 6.45) is 6.21. The summed E-state index contributed by atoms with van der Waals surface area (Å²) in [5, 5.41) is 28.9. The minimum Gasteiger partial charge on any atom is -0.481 e. The number of allylic oxidation sites excluding steroid dienone is 1. The number of rotatable bonds is 12. The van der Waals surface area contributed by atoms with Gasteiger partial charge in [0.05, 0.1) is 18.8 Å². The lowest BCUT2D eigenvalue weighted by molar-refractivity contribution is -0.137. The molecule has 0 aliphatic heterocycles. The van der Waals surface area contributed by atoms with Crippen molar-refractivity contribution in [3.63, 3.8) is 0 Å². The molecule has 0 saturated heterocycles. The molecule has 2 aliphatic rings. The van der Waals surface area contributed by atoms with Crippen LogP contribution in [0.3, 0.4) is 0 Å². The minimum atomic E-state index is -0.813. The molecule has 2 aliphatic carbocycles. The largest absolute Gasteiger partial charge is 0.481 e. The molecule has 138 valence electrons. The maximum Gasteiger partial charge on any atom is 0.303 e. The second kappa shape index (κ2) is 9.39. The molecule has 2 rings (SSSR count). The van der Waals surface area contributed by atoms with E-state index in [1.54, 1.807) is 0 Å². The first kappa shape index (κ1) is 19.2. The van der Waals surface area contributed by atoms with Gasteiger partial charge in [-0.2, -0.15) is 0 Å². The van der Waals surface area contributed by atoms with Crippen molar-refractivity contribution in [2.24, 2.45) is 11.8 Å². The highest BCUT2D eigenvalue weighted by Crippen LogP contribution is 2.50. The molecule has 0 radical (unpaired) electrons. The fourth-order valence-electron chi connectivity index (χ4n) is 3.80. The van der Waals surface area contributed by atoms with Crippen molar-refractivity contribution < 1.29 is 25.0 Å². The molecule has 4 N–H and O–H groups in total. The van der Waals surface area contributed by atoms with Crippen molar-refractivity contribution in [3.8, 4) is 0 Å². The summed E-state index contributed by atoms with van der Waals surface area (Å²) in [4.78, 5) is 15.7. The molecular weight excluding hydrogens is 310 g/mol. The number of hydroxylamine groups is 1. The summed E-state index contributed by atoms with van der Waals surface area (Å²) in [6.45, 7) is 2.49. The van der Waals surface area contributed by atoms with E-state index >= 15 is 0 Å². The number of unbranched alkanes of at least 4 members (excludes halogenated alkanes) is 1. The molecule has 1 fully saturated rings. The van der Waals surface area contributed by atoms with Crippen molar-refractivity contribution in [2.75, 3.05) is 6.61 Å². The summed E-state index contributed by atoms with van der Waals surface area (Å²) < 4.78 is 0. The van der Waals surface area contributed by atoms with Crippen LogP contribution in [0.4, 0.5) is 0 Å². The van der Waals surface area contributed by atoms with Gasteiger partial charge in [0.15, 0.2) is 0 Å². The predicted molar refractivity (Wildman–Crippen MR) is 90.0 cm³/mol. The van der Waals surface area contributed by atoms with Crippen molar-refractivity contribution in [3.05, 3.63) is 11.3 Å². The molecule has 0 heterocycles. The third kappa shape index (κ3) is 5.19. The molecule has 6 nitrogen and oxygen atoms in total. The molecule has 0 aromatic carbocycles. The number of aliphatic carboxylic acids is 1. The molecule has 0 spiro atoms. The SMILES string of the molecule is CCCCC(O)CCC1C(O)CC2=C(NOCCCC(=O)O)CC21. The second-order valence-electron chi connectivity index (χ2n) is 7.07. The third-order valence-corrected chi connectivity index (χ3v) is 5.26. The number of hydrogen-bond acceptors (Lipinski definition) is 5. The van der Waals surface area contributed by atoms with E-state index in [2.05, 4.69) is 12.4 Å². The van der Waals surface area contributed by atoms with E-state index in [0.29, 0.717) is 25.4 Å². The van der Waals surface area contributed by atoms with E-state index in [4.69, 9.17) is 9.94 Å². The number of aliphatic hydroxyl groups excluding tert-OH is 2. The molecule has 24 heavy (non-hydrogen) atoms. The van der Waals surface area contributed by atoms with Crippen LogP contribution in [0.1, 0.15) is 64.7 Å². The van der Waals surface area contributed by atoms with Crippen molar-refractivity contribution in [2.45, 2.75) is 76.9 Å². The molecule has 0 bridgehead atoms. The number of carboxylic acid groups (broad SMARTS) is 1. The molecule has 6 heteroatoms. The van der Waals surface area contributed by atoms with Gasteiger partial charge >= 0.3 is 5.97 Å². The molecule has 4 atom stereocenters. The zero-order valence-corrected chi connectivity index (χ0v) is 14.5. The van der Waals surface area contributed by atoms with Gasteiger partial charge < -0.3 is 15.3 Å². The van der Waals surface area contributed by atoms with E-state index in [9.17, 15) is 15.0 Å². The van der Waals surface area contributed by atoms with E-state index < -0.39 is 5.97 Å². The summed E-state index contributed by atoms with van der Waals surface area (Å²) in [7, 11) is 0. The average molecular weight is 341 g/mol. The Hall–Kier alpha value is -1.11. The van der Waals surface area contributed by atoms with Crippen LogP contribution in [-0.4, -0.2) is 40.1 Å². The summed E-state index contributed by atoms with van der Waals surface area (Å²) >= 11 is 0. The van der Waals surface area contributed by atoms with Crippen LogP contribution in [0.5, 0.6) is 0 Å². The molecule has 0 aromatic heterocycles. The first-order chi connectivity index (χ1) is 11.5. The standard InChI is InChI=1S/C18H31NO5/c1-2-3-5-12(20)7-8-13-14-10-16(15(14)11-17(13)21)19-24-9-4-6-18(22)23/h12-14,17,19-21H,2-11H2,1H3,(H,22,23). The fraction of sp³-hybridized carbons (Fsp3) is 0.833. The lowest BCUT2D eigenvalue weighted by Gasteiger charge is -2.32. The number of hydrogen-bond donors (Lipinski definition) is 4. The lowest BCUT2D eigenvalue weighted by atomic mass is 9.77. The Morgan fingerprint density at radius 3 is 2.83 bits per heavy atom. The highest BCUT2D eigenvalue weighted by Gasteiger charge is 2.45. The molecule has 0 amide bonds. The first-order valence-corrected chi connectivity index (χ1v) is 9.20. The van der Waals surface area contributed by atoms with Crippen LogP contribution >= 0.6 is 0 Å². The second-order valence-corrected chi connectivity index (χ2v) is 7.07. The highest BCUT2D eigenvalue weighted by molar-refractivity contribution is 5.66. The monoisotopic (exact) mass is 341 g/mol. The Morgan fingerprint density at radius 1 is 1.33 bits per heavy atom. The van der Waals surface area contributed by atoms with Crippen LogP contribution < -0.4 is 5.48 Å². The fourth-order valence-corrected chi connectivity index (χ4v) is 3.80. The van der Waals surface area contributed by atoms with Gasteiger partial charge in [-0.3, -0.25) is 15.1 Å². The van der Waals surface area contributed by atoms with Gasteiger partial charge in [-0.1, -0.05) is 19.8 Å². The number of nitrogens with one attached hydrogen (secondary N) is 1. The van der Waals surface area contributed by atoms with Crippen LogP contribution in [0.25, 0.3) is 0 Å². The van der Waals surface area contributed by atoms with Gasteiger partial charge in [-0.25, -0.2) is 0 Å². The van der Waals surface area contributed by atoms with E-state index in [1.807, 2.05) is 0 Å². The van der Waals surface area contributed by atoms with E-state index in [1.165, 1.54) is 5.57 Å². The normalized spacial score (nSPS) is 26.9. The molecular formula is C18H31NO5. The highest BCUT2D eigenvalue weighted by atomic mass is 16.6. The van der Waals surface area contributed by atoms with Gasteiger partial charge in [0.2, 0.25) is 0 Å². The van der Waals surface area contributed by atoms with Crippen molar-refractivity contribution in [1.29, 1.82) is 0 Å². The van der Waals surface area contributed by atoms with Gasteiger partial charge in [0.25, 0.3) is 0 Å². The molecule has 1 saturated carbocycles. The van der Waals surface area contributed by atoms with Crippen molar-refractivity contribution >= 4 is 5.97 Å². The van der Waals surface area contributed by atoms with Gasteiger partial charge in [-0.05, 0) is 55.9 Å². The lowest BCUT2D eigenvalue weighted by Crippen LogP contribution is -2.30. The Labute approximate surface area is 143 Å². The smallest absolute Gasteiger partial charge is 0.303 e. The van der Waals surface area contributed by atoms with Gasteiger partial charge in [-0.15, -0.1) is 0 Å². The predicted octanol–water partition coefficient (Wildman–Crippen LogP) is 2.36. The quantitative estimate of drug-likeness (QED) is 0.321. The summed E-state index contributed by atoms with van der Waals surface area (Å²) in [6, 6.07) is 0. The summed E-state index contributed by atoms with van der Waals surface area (Å²) in [5.74, 6) is -0.162. The first-order valence-electron chi connectivity index (χ1n) is 9.20. The number of aliphatic hydroxyl groups is 2. The van der Waals surface area contributed by atoms with Crippen LogP contribution in [0, 0.1) is 11.8 Å². The zero-order valence-electron chi connectivity index (χ0n) is 14.5. The Morgan fingerprint density at radius 2 is 2.12 bits per heavy atom. The average Bonchev–Trinajstić information content (AvgIpc) is 2.77. The van der Waals surface area contributed by atoms with Gasteiger partial charge in [0.1, 0.15) is 0 Å². The Bertz CT molecular complexity index is 451. The Kier molecular flexibility index (Phi) is 7.52. The number of carbonyl (C=O) groups is 1. The van der Waals surface area contributed by atoms with Crippen LogP contribution in [-0.2, 0) is 9.63 Å². The van der Waals surface area contributed by atoms with E-state index in [0.717, 1.165) is 44.2 Å². The number of fused-ring (bicyclic) bond motifs is 1. The molecule has 4 unspecified atom stereocenters.